The molecular weight excluding hydrogens is 506 g/mol. The molecule has 0 radical (unpaired) electrons. The Morgan fingerprint density at radius 1 is 1.12 bits per heavy atom. The molecule has 0 saturated heterocycles. The topological polar surface area (TPSA) is 86.8 Å². The standard InChI is InChI=1S/C24H32BrN3O4S/c1-5-6-14-26-24(30)19(3)27(16-20-11-9-12-21(25)15-20)23(29)17-28(33(4,31)32)22-13-8-7-10-18(22)2/h7-13,15,19H,5-6,14,16-17H2,1-4H3,(H,26,30). The van der Waals surface area contributed by atoms with Crippen LogP contribution < -0.4 is 9.62 Å². The number of hydrogen-bond acceptors (Lipinski definition) is 4. The molecule has 33 heavy (non-hydrogen) atoms. The van der Waals surface area contributed by atoms with Gasteiger partial charge in [-0.05, 0) is 49.6 Å². The molecule has 0 aliphatic carbocycles. The lowest BCUT2D eigenvalue weighted by molar-refractivity contribution is -0.139. The molecule has 0 saturated carbocycles. The van der Waals surface area contributed by atoms with E-state index >= 15 is 0 Å². The van der Waals surface area contributed by atoms with Crippen LogP contribution in [0.1, 0.15) is 37.8 Å². The summed E-state index contributed by atoms with van der Waals surface area (Å²) in [7, 11) is -3.73. The van der Waals surface area contributed by atoms with Crippen molar-refractivity contribution in [2.45, 2.75) is 46.2 Å². The van der Waals surface area contributed by atoms with Crippen molar-refractivity contribution in [2.75, 3.05) is 23.7 Å². The van der Waals surface area contributed by atoms with Gasteiger partial charge >= 0.3 is 0 Å². The summed E-state index contributed by atoms with van der Waals surface area (Å²) in [6.45, 7) is 5.79. The maximum absolute atomic E-state index is 13.5. The Hall–Kier alpha value is -2.39. The Labute approximate surface area is 205 Å². The summed E-state index contributed by atoms with van der Waals surface area (Å²) in [5.74, 6) is -0.726. The van der Waals surface area contributed by atoms with Crippen LogP contribution in [0.4, 0.5) is 5.69 Å². The molecule has 2 aromatic carbocycles. The first-order valence-corrected chi connectivity index (χ1v) is 13.5. The van der Waals surface area contributed by atoms with Crippen molar-refractivity contribution in [3.63, 3.8) is 0 Å². The van der Waals surface area contributed by atoms with E-state index in [1.54, 1.807) is 32.0 Å². The van der Waals surface area contributed by atoms with E-state index < -0.39 is 28.5 Å². The number of benzene rings is 2. The Morgan fingerprint density at radius 2 is 1.82 bits per heavy atom. The number of nitrogens with zero attached hydrogens (tertiary/aromatic N) is 2. The van der Waals surface area contributed by atoms with Crippen molar-refractivity contribution in [1.82, 2.24) is 10.2 Å². The molecule has 0 spiro atoms. The average molecular weight is 539 g/mol. The third-order valence-electron chi connectivity index (χ3n) is 5.30. The van der Waals surface area contributed by atoms with Gasteiger partial charge in [-0.3, -0.25) is 13.9 Å². The molecule has 1 atom stereocenters. The normalized spacial score (nSPS) is 12.2. The number of hydrogen-bond donors (Lipinski definition) is 1. The molecular formula is C24H32BrN3O4S. The van der Waals surface area contributed by atoms with E-state index in [1.165, 1.54) is 4.90 Å². The first-order chi connectivity index (χ1) is 15.5. The molecule has 0 heterocycles. The second-order valence-corrected chi connectivity index (χ2v) is 10.9. The molecule has 2 amide bonds. The van der Waals surface area contributed by atoms with Crippen LogP contribution in [0.25, 0.3) is 0 Å². The minimum absolute atomic E-state index is 0.173. The highest BCUT2D eigenvalue weighted by molar-refractivity contribution is 9.10. The Bertz CT molecular complexity index is 1070. The smallest absolute Gasteiger partial charge is 0.244 e. The molecule has 2 rings (SSSR count). The summed E-state index contributed by atoms with van der Waals surface area (Å²) in [5.41, 5.74) is 2.00. The van der Waals surface area contributed by atoms with E-state index in [0.717, 1.165) is 39.0 Å². The van der Waals surface area contributed by atoms with Crippen molar-refractivity contribution in [3.05, 3.63) is 64.1 Å². The van der Waals surface area contributed by atoms with Gasteiger partial charge in [0.15, 0.2) is 0 Å². The number of nitrogens with one attached hydrogen (secondary N) is 1. The maximum atomic E-state index is 13.5. The fraction of sp³-hybridized carbons (Fsp3) is 0.417. The molecule has 1 N–H and O–H groups in total. The van der Waals surface area contributed by atoms with E-state index in [4.69, 9.17) is 0 Å². The van der Waals surface area contributed by atoms with Crippen LogP contribution in [0, 0.1) is 6.92 Å². The predicted octanol–water partition coefficient (Wildman–Crippen LogP) is 3.86. The van der Waals surface area contributed by atoms with Crippen molar-refractivity contribution in [2.24, 2.45) is 0 Å². The van der Waals surface area contributed by atoms with Crippen molar-refractivity contribution in [3.8, 4) is 0 Å². The zero-order valence-corrected chi connectivity index (χ0v) is 21.9. The van der Waals surface area contributed by atoms with Gasteiger partial charge in [-0.25, -0.2) is 8.42 Å². The number of rotatable bonds is 11. The number of amides is 2. The molecule has 7 nitrogen and oxygen atoms in total. The zero-order chi connectivity index (χ0) is 24.6. The van der Waals surface area contributed by atoms with Gasteiger partial charge in [-0.1, -0.05) is 59.6 Å². The van der Waals surface area contributed by atoms with E-state index in [-0.39, 0.29) is 12.5 Å². The van der Waals surface area contributed by atoms with E-state index in [9.17, 15) is 18.0 Å². The highest BCUT2D eigenvalue weighted by Crippen LogP contribution is 2.23. The molecule has 2 aromatic rings. The van der Waals surface area contributed by atoms with Gasteiger partial charge in [-0.2, -0.15) is 0 Å². The zero-order valence-electron chi connectivity index (χ0n) is 19.5. The summed E-state index contributed by atoms with van der Waals surface area (Å²) in [6, 6.07) is 13.7. The third-order valence-corrected chi connectivity index (χ3v) is 6.92. The Balaban J connectivity index is 2.36. The number of sulfonamides is 1. The van der Waals surface area contributed by atoms with Gasteiger partial charge < -0.3 is 10.2 Å². The van der Waals surface area contributed by atoms with Crippen LogP contribution in [0.2, 0.25) is 0 Å². The number of anilines is 1. The molecule has 1 unspecified atom stereocenters. The minimum atomic E-state index is -3.73. The van der Waals surface area contributed by atoms with E-state index in [1.807, 2.05) is 37.3 Å². The summed E-state index contributed by atoms with van der Waals surface area (Å²) >= 11 is 3.43. The lowest BCUT2D eigenvalue weighted by atomic mass is 10.1. The second-order valence-electron chi connectivity index (χ2n) is 8.03. The van der Waals surface area contributed by atoms with Gasteiger partial charge in [-0.15, -0.1) is 0 Å². The molecule has 0 aliphatic rings. The van der Waals surface area contributed by atoms with Gasteiger partial charge in [0.2, 0.25) is 21.8 Å². The Morgan fingerprint density at radius 3 is 2.42 bits per heavy atom. The van der Waals surface area contributed by atoms with Crippen LogP contribution in [0.15, 0.2) is 53.0 Å². The number of carbonyl (C=O) groups excluding carboxylic acids is 2. The van der Waals surface area contributed by atoms with Gasteiger partial charge in [0, 0.05) is 17.6 Å². The first-order valence-electron chi connectivity index (χ1n) is 10.9. The molecule has 180 valence electrons. The van der Waals surface area contributed by atoms with E-state index in [2.05, 4.69) is 21.2 Å². The predicted molar refractivity (Wildman–Crippen MR) is 135 cm³/mol. The molecule has 0 fully saturated rings. The Kier molecular flexibility index (Phi) is 9.91. The highest BCUT2D eigenvalue weighted by atomic mass is 79.9. The van der Waals surface area contributed by atoms with Crippen LogP contribution in [-0.4, -0.2) is 50.5 Å². The van der Waals surface area contributed by atoms with Crippen LogP contribution >= 0.6 is 15.9 Å². The maximum Gasteiger partial charge on any atom is 0.244 e. The summed E-state index contributed by atoms with van der Waals surface area (Å²) < 4.78 is 27.1. The number of para-hydroxylation sites is 1. The number of unbranched alkanes of at least 4 members (excludes halogenated alkanes) is 1. The second kappa shape index (κ2) is 12.2. The van der Waals surface area contributed by atoms with Crippen LogP contribution in [-0.2, 0) is 26.2 Å². The molecule has 0 aliphatic heterocycles. The lowest BCUT2D eigenvalue weighted by Gasteiger charge is -2.32. The molecule has 0 bridgehead atoms. The van der Waals surface area contributed by atoms with Crippen molar-refractivity contribution >= 4 is 43.5 Å². The SMILES string of the molecule is CCCCNC(=O)C(C)N(Cc1cccc(Br)c1)C(=O)CN(c1ccccc1C)S(C)(=O)=O. The molecule has 9 heteroatoms. The number of aryl methyl sites for hydroxylation is 1. The van der Waals surface area contributed by atoms with E-state index in [0.29, 0.717) is 12.2 Å². The van der Waals surface area contributed by atoms with Gasteiger partial charge in [0.1, 0.15) is 12.6 Å². The van der Waals surface area contributed by atoms with Crippen molar-refractivity contribution in [1.29, 1.82) is 0 Å². The summed E-state index contributed by atoms with van der Waals surface area (Å²) in [5, 5.41) is 2.87. The van der Waals surface area contributed by atoms with Crippen LogP contribution in [0.5, 0.6) is 0 Å². The summed E-state index contributed by atoms with van der Waals surface area (Å²) in [4.78, 5) is 27.7. The third kappa shape index (κ3) is 7.85. The van der Waals surface area contributed by atoms with Crippen LogP contribution in [0.3, 0.4) is 0 Å². The quantitative estimate of drug-likeness (QED) is 0.441. The summed E-state index contributed by atoms with van der Waals surface area (Å²) in [6.07, 6.45) is 2.86. The minimum Gasteiger partial charge on any atom is -0.354 e. The fourth-order valence-electron chi connectivity index (χ4n) is 3.39. The average Bonchev–Trinajstić information content (AvgIpc) is 2.75. The number of carbonyl (C=O) groups is 2. The highest BCUT2D eigenvalue weighted by Gasteiger charge is 2.30. The van der Waals surface area contributed by atoms with Crippen molar-refractivity contribution < 1.29 is 18.0 Å². The molecule has 0 aromatic heterocycles. The fourth-order valence-corrected chi connectivity index (χ4v) is 4.74. The number of halogens is 1. The largest absolute Gasteiger partial charge is 0.354 e. The van der Waals surface area contributed by atoms with Gasteiger partial charge in [0.25, 0.3) is 0 Å². The monoisotopic (exact) mass is 537 g/mol. The lowest BCUT2D eigenvalue weighted by Crippen LogP contribution is -2.51. The first kappa shape index (κ1) is 26.9. The van der Waals surface area contributed by atoms with Gasteiger partial charge in [0.05, 0.1) is 11.9 Å².